The summed E-state index contributed by atoms with van der Waals surface area (Å²) >= 11 is 0. The van der Waals surface area contributed by atoms with Crippen molar-refractivity contribution in [2.75, 3.05) is 0 Å². The second-order valence-electron chi connectivity index (χ2n) is 5.58. The number of nitrogens with zero attached hydrogens (tertiary/aromatic N) is 1. The molecule has 0 amide bonds. The molecule has 0 saturated carbocycles. The van der Waals surface area contributed by atoms with E-state index in [-0.39, 0.29) is 6.04 Å². The first-order chi connectivity index (χ1) is 10.1. The molecule has 0 spiro atoms. The highest BCUT2D eigenvalue weighted by molar-refractivity contribution is 5.85. The molecule has 1 aromatic heterocycles. The summed E-state index contributed by atoms with van der Waals surface area (Å²) in [5.41, 5.74) is 1.52. The van der Waals surface area contributed by atoms with Gasteiger partial charge in [0.1, 0.15) is 5.69 Å². The fourth-order valence-electron chi connectivity index (χ4n) is 2.92. The molecule has 0 aliphatic heterocycles. The molecule has 0 saturated heterocycles. The second kappa shape index (κ2) is 7.11. The van der Waals surface area contributed by atoms with Crippen molar-refractivity contribution in [2.24, 2.45) is 5.92 Å². The number of unbranched alkanes of at least 4 members (excludes halogenated alkanes) is 1. The van der Waals surface area contributed by atoms with Gasteiger partial charge in [-0.05, 0) is 30.0 Å². The van der Waals surface area contributed by atoms with E-state index < -0.39 is 5.97 Å². The fraction of sp³-hybridized carbons (Fsp3) is 0.389. The van der Waals surface area contributed by atoms with Gasteiger partial charge in [0, 0.05) is 6.20 Å². The third kappa shape index (κ3) is 3.54. The lowest BCUT2D eigenvalue weighted by molar-refractivity contribution is 0.0682. The molecule has 1 aromatic carbocycles. The van der Waals surface area contributed by atoms with Crippen molar-refractivity contribution in [3.63, 3.8) is 0 Å². The number of carbonyl (C=O) groups is 1. The van der Waals surface area contributed by atoms with Gasteiger partial charge in [0.15, 0.2) is 0 Å². The highest BCUT2D eigenvalue weighted by Gasteiger charge is 2.24. The minimum atomic E-state index is -0.872. The van der Waals surface area contributed by atoms with Crippen LogP contribution in [0.1, 0.15) is 55.2 Å². The molecule has 0 aliphatic carbocycles. The molecule has 21 heavy (non-hydrogen) atoms. The molecule has 1 N–H and O–H groups in total. The Morgan fingerprint density at radius 1 is 1.19 bits per heavy atom. The van der Waals surface area contributed by atoms with Gasteiger partial charge in [0.05, 0.1) is 6.04 Å². The largest absolute Gasteiger partial charge is 0.477 e. The summed E-state index contributed by atoms with van der Waals surface area (Å²) in [5.74, 6) is -0.485. The van der Waals surface area contributed by atoms with Crippen LogP contribution in [0.3, 0.4) is 0 Å². The van der Waals surface area contributed by atoms with Crippen molar-refractivity contribution >= 4 is 5.97 Å². The summed E-state index contributed by atoms with van der Waals surface area (Å²) in [6.07, 6.45) is 5.29. The number of carboxylic acids is 1. The minimum Gasteiger partial charge on any atom is -0.477 e. The van der Waals surface area contributed by atoms with Gasteiger partial charge < -0.3 is 9.67 Å². The van der Waals surface area contributed by atoms with Crippen LogP contribution in [0.5, 0.6) is 0 Å². The van der Waals surface area contributed by atoms with Crippen LogP contribution in [-0.4, -0.2) is 15.6 Å². The van der Waals surface area contributed by atoms with Gasteiger partial charge in [-0.1, -0.05) is 57.0 Å². The Kier molecular flexibility index (Phi) is 5.20. The van der Waals surface area contributed by atoms with E-state index in [1.807, 2.05) is 35.0 Å². The lowest BCUT2D eigenvalue weighted by Crippen LogP contribution is -2.21. The third-order valence-electron chi connectivity index (χ3n) is 3.99. The first kappa shape index (κ1) is 15.4. The average Bonchev–Trinajstić information content (AvgIpc) is 2.96. The summed E-state index contributed by atoms with van der Waals surface area (Å²) in [5, 5.41) is 9.39. The zero-order valence-corrected chi connectivity index (χ0v) is 12.7. The van der Waals surface area contributed by atoms with Gasteiger partial charge in [-0.25, -0.2) is 4.79 Å². The molecule has 3 nitrogen and oxygen atoms in total. The maximum Gasteiger partial charge on any atom is 0.352 e. The Morgan fingerprint density at radius 3 is 2.52 bits per heavy atom. The molecule has 2 rings (SSSR count). The number of aromatic carboxylic acids is 1. The van der Waals surface area contributed by atoms with Gasteiger partial charge in [0.25, 0.3) is 0 Å². The second-order valence-corrected chi connectivity index (χ2v) is 5.58. The van der Waals surface area contributed by atoms with E-state index in [2.05, 4.69) is 26.0 Å². The Morgan fingerprint density at radius 2 is 1.90 bits per heavy atom. The molecular formula is C18H23NO2. The van der Waals surface area contributed by atoms with Crippen molar-refractivity contribution in [3.8, 4) is 0 Å². The van der Waals surface area contributed by atoms with Crippen LogP contribution in [0.2, 0.25) is 0 Å². The SMILES string of the molecule is CCCCC(C)C(c1ccccc1)n1cccc1C(=O)O. The molecule has 3 heteroatoms. The number of hydrogen-bond donors (Lipinski definition) is 1. The number of carboxylic acid groups (broad SMARTS) is 1. The van der Waals surface area contributed by atoms with Gasteiger partial charge in [-0.3, -0.25) is 0 Å². The van der Waals surface area contributed by atoms with Gasteiger partial charge in [0.2, 0.25) is 0 Å². The van der Waals surface area contributed by atoms with Crippen molar-refractivity contribution in [1.82, 2.24) is 4.57 Å². The van der Waals surface area contributed by atoms with E-state index in [1.165, 1.54) is 5.56 Å². The predicted molar refractivity (Wildman–Crippen MR) is 84.7 cm³/mol. The monoisotopic (exact) mass is 285 g/mol. The molecule has 0 aliphatic rings. The molecule has 0 radical (unpaired) electrons. The Labute approximate surface area is 126 Å². The van der Waals surface area contributed by atoms with Crippen molar-refractivity contribution < 1.29 is 9.90 Å². The lowest BCUT2D eigenvalue weighted by atomic mass is 9.90. The number of rotatable bonds is 7. The van der Waals surface area contributed by atoms with Crippen LogP contribution in [0, 0.1) is 5.92 Å². The summed E-state index contributed by atoms with van der Waals surface area (Å²) < 4.78 is 1.90. The molecule has 2 atom stereocenters. The zero-order chi connectivity index (χ0) is 15.2. The van der Waals surface area contributed by atoms with Gasteiger partial charge in [-0.15, -0.1) is 0 Å². The molecule has 2 aromatic rings. The molecule has 0 fully saturated rings. The number of benzene rings is 1. The first-order valence-electron chi connectivity index (χ1n) is 7.60. The minimum absolute atomic E-state index is 0.0684. The molecular weight excluding hydrogens is 262 g/mol. The summed E-state index contributed by atoms with van der Waals surface area (Å²) in [6, 6.07) is 13.7. The van der Waals surface area contributed by atoms with Crippen LogP contribution >= 0.6 is 0 Å². The van der Waals surface area contributed by atoms with Crippen LogP contribution in [0.15, 0.2) is 48.7 Å². The number of hydrogen-bond acceptors (Lipinski definition) is 1. The van der Waals surface area contributed by atoms with Crippen molar-refractivity contribution in [2.45, 2.75) is 39.2 Å². The molecule has 1 heterocycles. The highest BCUT2D eigenvalue weighted by Crippen LogP contribution is 2.31. The normalized spacial score (nSPS) is 13.8. The Balaban J connectivity index is 2.40. The van der Waals surface area contributed by atoms with E-state index in [0.29, 0.717) is 11.6 Å². The highest BCUT2D eigenvalue weighted by atomic mass is 16.4. The van der Waals surface area contributed by atoms with E-state index in [9.17, 15) is 9.90 Å². The Hall–Kier alpha value is -2.03. The number of aromatic nitrogens is 1. The Bertz CT molecular complexity index is 574. The van der Waals surface area contributed by atoms with Crippen LogP contribution < -0.4 is 0 Å². The summed E-state index contributed by atoms with van der Waals surface area (Å²) in [7, 11) is 0. The molecule has 2 unspecified atom stereocenters. The summed E-state index contributed by atoms with van der Waals surface area (Å²) in [6.45, 7) is 4.39. The maximum absolute atomic E-state index is 11.4. The van der Waals surface area contributed by atoms with E-state index in [1.54, 1.807) is 6.07 Å². The van der Waals surface area contributed by atoms with Crippen molar-refractivity contribution in [1.29, 1.82) is 0 Å². The first-order valence-corrected chi connectivity index (χ1v) is 7.60. The molecule has 112 valence electrons. The summed E-state index contributed by atoms with van der Waals surface area (Å²) in [4.78, 5) is 11.4. The average molecular weight is 285 g/mol. The maximum atomic E-state index is 11.4. The lowest BCUT2D eigenvalue weighted by Gasteiger charge is -2.27. The fourth-order valence-corrected chi connectivity index (χ4v) is 2.92. The topological polar surface area (TPSA) is 42.2 Å². The standard InChI is InChI=1S/C18H23NO2/c1-3-4-9-14(2)17(15-10-6-5-7-11-15)19-13-8-12-16(19)18(20)21/h5-8,10-14,17H,3-4,9H2,1-2H3,(H,20,21). The van der Waals surface area contributed by atoms with Crippen LogP contribution in [0.4, 0.5) is 0 Å². The van der Waals surface area contributed by atoms with Crippen LogP contribution in [-0.2, 0) is 0 Å². The quantitative estimate of drug-likeness (QED) is 0.807. The van der Waals surface area contributed by atoms with Gasteiger partial charge in [-0.2, -0.15) is 0 Å². The zero-order valence-electron chi connectivity index (χ0n) is 12.7. The van der Waals surface area contributed by atoms with Gasteiger partial charge >= 0.3 is 5.97 Å². The van der Waals surface area contributed by atoms with Crippen LogP contribution in [0.25, 0.3) is 0 Å². The third-order valence-corrected chi connectivity index (χ3v) is 3.99. The predicted octanol–water partition coefficient (Wildman–Crippen LogP) is 4.60. The van der Waals surface area contributed by atoms with Crippen molar-refractivity contribution in [3.05, 3.63) is 59.9 Å². The van der Waals surface area contributed by atoms with E-state index in [4.69, 9.17) is 0 Å². The van der Waals surface area contributed by atoms with E-state index >= 15 is 0 Å². The smallest absolute Gasteiger partial charge is 0.352 e. The molecule has 0 bridgehead atoms. The van der Waals surface area contributed by atoms with E-state index in [0.717, 1.165) is 19.3 Å².